The van der Waals surface area contributed by atoms with Crippen molar-refractivity contribution in [1.82, 2.24) is 20.4 Å². The maximum absolute atomic E-state index is 12.9. The average Bonchev–Trinajstić information content (AvgIpc) is 3.13. The number of nitrogens with one attached hydrogen (secondary N) is 1. The summed E-state index contributed by atoms with van der Waals surface area (Å²) < 4.78 is 10.6. The fourth-order valence-corrected chi connectivity index (χ4v) is 4.21. The van der Waals surface area contributed by atoms with Crippen LogP contribution in [0, 0.1) is 5.41 Å². The van der Waals surface area contributed by atoms with Crippen LogP contribution < -0.4 is 5.32 Å². The Morgan fingerprint density at radius 1 is 1.40 bits per heavy atom. The summed E-state index contributed by atoms with van der Waals surface area (Å²) in [6, 6.07) is 0.938. The molecule has 164 valence electrons. The van der Waals surface area contributed by atoms with Gasteiger partial charge in [-0.3, -0.25) is 4.84 Å². The summed E-state index contributed by atoms with van der Waals surface area (Å²) in [5.41, 5.74) is -0.0766. The lowest BCUT2D eigenvalue weighted by molar-refractivity contribution is -0.172. The van der Waals surface area contributed by atoms with E-state index in [1.165, 1.54) is 5.06 Å². The molecular weight excluding hydrogens is 396 g/mol. The van der Waals surface area contributed by atoms with Crippen LogP contribution >= 0.6 is 0 Å². The summed E-state index contributed by atoms with van der Waals surface area (Å²) in [5.74, 6) is -0.673. The van der Waals surface area contributed by atoms with E-state index >= 15 is 0 Å². The number of rotatable bonds is 6. The minimum atomic E-state index is -1.13. The molecule has 3 fully saturated rings. The Hall–Kier alpha value is -2.82. The number of carbonyl (C=O) groups excluding carboxylic acids is 2. The van der Waals surface area contributed by atoms with Crippen LogP contribution in [0.15, 0.2) is 10.6 Å². The monoisotopic (exact) mass is 422 g/mol. The summed E-state index contributed by atoms with van der Waals surface area (Å²) in [4.78, 5) is 42.5. The highest BCUT2D eigenvalue weighted by Gasteiger charge is 2.63. The molecule has 0 aromatic carbocycles. The highest BCUT2D eigenvalue weighted by atomic mass is 16.7. The Balaban J connectivity index is 1.43. The van der Waals surface area contributed by atoms with E-state index in [-0.39, 0.29) is 30.1 Å². The largest absolute Gasteiger partial charge is 0.479 e. The molecule has 3 amide bonds. The quantitative estimate of drug-likeness (QED) is 0.711. The van der Waals surface area contributed by atoms with Crippen LogP contribution in [0.1, 0.15) is 57.5 Å². The number of amides is 3. The lowest BCUT2D eigenvalue weighted by atomic mass is 9.84. The van der Waals surface area contributed by atoms with Gasteiger partial charge in [0, 0.05) is 12.6 Å². The van der Waals surface area contributed by atoms with Gasteiger partial charge in [-0.2, -0.15) is 5.06 Å². The first-order chi connectivity index (χ1) is 14.1. The maximum Gasteiger partial charge on any atom is 0.408 e. The molecule has 0 unspecified atom stereocenters. The van der Waals surface area contributed by atoms with Gasteiger partial charge in [0.1, 0.15) is 11.3 Å². The molecule has 2 atom stereocenters. The van der Waals surface area contributed by atoms with Crippen molar-refractivity contribution in [1.29, 1.82) is 0 Å². The predicted octanol–water partition coefficient (Wildman–Crippen LogP) is 2.05. The third kappa shape index (κ3) is 3.93. The topological polar surface area (TPSA) is 134 Å². The third-order valence-corrected chi connectivity index (χ3v) is 5.71. The SMILES string of the molecule is CC(C)(C)OC(=O)NCc1cc([C@@H]2CC3(CC3)[C@@H]3CN2C(=O)N3OCC(=O)O)no1. The van der Waals surface area contributed by atoms with Gasteiger partial charge >= 0.3 is 18.1 Å². The smallest absolute Gasteiger partial charge is 0.408 e. The lowest BCUT2D eigenvalue weighted by Crippen LogP contribution is -2.42. The molecule has 11 nitrogen and oxygen atoms in total. The van der Waals surface area contributed by atoms with E-state index in [1.54, 1.807) is 31.7 Å². The molecule has 3 aliphatic rings. The van der Waals surface area contributed by atoms with Gasteiger partial charge in [-0.25, -0.2) is 14.4 Å². The number of carbonyl (C=O) groups is 3. The average molecular weight is 422 g/mol. The first-order valence-corrected chi connectivity index (χ1v) is 9.95. The van der Waals surface area contributed by atoms with Gasteiger partial charge < -0.3 is 24.6 Å². The molecule has 3 heterocycles. The summed E-state index contributed by atoms with van der Waals surface area (Å²) in [6.45, 7) is 5.35. The molecule has 1 saturated carbocycles. The molecule has 1 aromatic rings. The lowest BCUT2D eigenvalue weighted by Gasteiger charge is -2.35. The molecular formula is C19H26N4O7. The Morgan fingerprint density at radius 3 is 2.77 bits per heavy atom. The van der Waals surface area contributed by atoms with Crippen LogP contribution in [0.25, 0.3) is 0 Å². The van der Waals surface area contributed by atoms with E-state index in [0.29, 0.717) is 24.4 Å². The Morgan fingerprint density at radius 2 is 2.13 bits per heavy atom. The van der Waals surface area contributed by atoms with Gasteiger partial charge in [-0.1, -0.05) is 5.16 Å². The van der Waals surface area contributed by atoms with E-state index < -0.39 is 24.3 Å². The number of alkyl carbamates (subject to hydrolysis) is 1. The Kier molecular flexibility index (Phi) is 4.88. The molecule has 1 aromatic heterocycles. The van der Waals surface area contributed by atoms with Gasteiger partial charge in [0.25, 0.3) is 0 Å². The second-order valence-corrected chi connectivity index (χ2v) is 9.10. The second-order valence-electron chi connectivity index (χ2n) is 9.10. The van der Waals surface area contributed by atoms with Crippen molar-refractivity contribution >= 4 is 18.1 Å². The molecule has 2 aliphatic heterocycles. The minimum Gasteiger partial charge on any atom is -0.479 e. The van der Waals surface area contributed by atoms with Crippen molar-refractivity contribution in [2.45, 2.75) is 64.3 Å². The first kappa shape index (κ1) is 20.5. The van der Waals surface area contributed by atoms with Gasteiger partial charge in [0.2, 0.25) is 0 Å². The number of hydrogen-bond acceptors (Lipinski definition) is 7. The normalized spacial score (nSPS) is 24.3. The molecule has 1 aliphatic carbocycles. The van der Waals surface area contributed by atoms with Crippen LogP contribution in [0.5, 0.6) is 0 Å². The van der Waals surface area contributed by atoms with Crippen LogP contribution in [-0.2, 0) is 20.9 Å². The zero-order valence-corrected chi connectivity index (χ0v) is 17.2. The van der Waals surface area contributed by atoms with E-state index in [2.05, 4.69) is 10.5 Å². The number of ether oxygens (including phenoxy) is 1. The number of hydrogen-bond donors (Lipinski definition) is 2. The molecule has 4 rings (SSSR count). The number of hydroxylamine groups is 2. The van der Waals surface area contributed by atoms with Crippen molar-refractivity contribution in [2.24, 2.45) is 5.41 Å². The molecule has 2 saturated heterocycles. The fourth-order valence-electron chi connectivity index (χ4n) is 4.21. The molecule has 2 N–H and O–H groups in total. The zero-order valence-electron chi connectivity index (χ0n) is 17.2. The van der Waals surface area contributed by atoms with E-state index in [4.69, 9.17) is 19.2 Å². The Bertz CT molecular complexity index is 857. The first-order valence-electron chi connectivity index (χ1n) is 9.95. The number of carboxylic acids is 1. The van der Waals surface area contributed by atoms with Gasteiger partial charge in [-0.05, 0) is 45.4 Å². The van der Waals surface area contributed by atoms with Crippen molar-refractivity contribution < 1.29 is 33.6 Å². The predicted molar refractivity (Wildman–Crippen MR) is 99.9 cm³/mol. The van der Waals surface area contributed by atoms with Crippen molar-refractivity contribution in [3.8, 4) is 0 Å². The number of aliphatic carboxylic acids is 1. The highest BCUT2D eigenvalue weighted by Crippen LogP contribution is 2.61. The number of aromatic nitrogens is 1. The third-order valence-electron chi connectivity index (χ3n) is 5.71. The summed E-state index contributed by atoms with van der Waals surface area (Å²) in [6.07, 6.45) is 2.06. The molecule has 2 bridgehead atoms. The van der Waals surface area contributed by atoms with Crippen LogP contribution in [-0.4, -0.2) is 63.1 Å². The molecule has 1 spiro atoms. The van der Waals surface area contributed by atoms with Crippen molar-refractivity contribution in [3.05, 3.63) is 17.5 Å². The minimum absolute atomic E-state index is 0.0836. The number of carboxylic acid groups (broad SMARTS) is 1. The van der Waals surface area contributed by atoms with E-state index in [9.17, 15) is 14.4 Å². The molecule has 0 radical (unpaired) electrons. The maximum atomic E-state index is 12.9. The zero-order chi connectivity index (χ0) is 21.7. The standard InChI is InChI=1S/C19H26N4O7/c1-18(2,3)29-16(26)20-8-11-6-12(21-30-11)13-7-19(4-5-19)14-9-22(13)17(27)23(14)28-10-15(24)25/h6,13-14H,4-5,7-10H2,1-3H3,(H,20,26)(H,24,25)/t13-,14-/m0/s1. The fraction of sp³-hybridized carbons (Fsp3) is 0.684. The summed E-state index contributed by atoms with van der Waals surface area (Å²) in [7, 11) is 0. The van der Waals surface area contributed by atoms with Crippen LogP contribution in [0.2, 0.25) is 0 Å². The molecule has 11 heteroatoms. The number of piperidine rings is 1. The number of urea groups is 1. The van der Waals surface area contributed by atoms with Crippen molar-refractivity contribution in [3.63, 3.8) is 0 Å². The van der Waals surface area contributed by atoms with Gasteiger partial charge in [0.05, 0.1) is 18.6 Å². The van der Waals surface area contributed by atoms with Crippen molar-refractivity contribution in [2.75, 3.05) is 13.2 Å². The van der Waals surface area contributed by atoms with E-state index in [1.807, 2.05) is 0 Å². The summed E-state index contributed by atoms with van der Waals surface area (Å²) in [5, 5.41) is 16.9. The second kappa shape index (κ2) is 7.15. The molecule has 30 heavy (non-hydrogen) atoms. The number of fused-ring (bicyclic) bond motifs is 3. The van der Waals surface area contributed by atoms with Crippen LogP contribution in [0.3, 0.4) is 0 Å². The van der Waals surface area contributed by atoms with Gasteiger partial charge in [-0.15, -0.1) is 0 Å². The Labute approximate surface area is 173 Å². The van der Waals surface area contributed by atoms with Crippen LogP contribution in [0.4, 0.5) is 9.59 Å². The summed E-state index contributed by atoms with van der Waals surface area (Å²) >= 11 is 0. The van der Waals surface area contributed by atoms with E-state index in [0.717, 1.165) is 12.8 Å². The highest BCUT2D eigenvalue weighted by molar-refractivity contribution is 5.78. The van der Waals surface area contributed by atoms with Gasteiger partial charge in [0.15, 0.2) is 12.4 Å². The number of nitrogens with zero attached hydrogens (tertiary/aromatic N) is 3.